The molecule has 0 spiro atoms. The third-order valence-corrected chi connectivity index (χ3v) is 2.12. The van der Waals surface area contributed by atoms with Crippen LogP contribution in [0.4, 0.5) is 0 Å². The average Bonchev–Trinajstić information content (AvgIpc) is 2.66. The van der Waals surface area contributed by atoms with Gasteiger partial charge in [0.15, 0.2) is 0 Å². The number of hydrogen-bond donors (Lipinski definition) is 1. The molecule has 2 rings (SSSR count). The van der Waals surface area contributed by atoms with Crippen LogP contribution in [0.25, 0.3) is 11.0 Å². The van der Waals surface area contributed by atoms with Crippen molar-refractivity contribution in [3.8, 4) is 6.07 Å². The van der Waals surface area contributed by atoms with Crippen molar-refractivity contribution in [2.24, 2.45) is 0 Å². The number of hydrogen-bond acceptors (Lipinski definition) is 4. The Kier molecular flexibility index (Phi) is 2.21. The summed E-state index contributed by atoms with van der Waals surface area (Å²) >= 11 is 0. The summed E-state index contributed by atoms with van der Waals surface area (Å²) in [6, 6.07) is 6.64. The lowest BCUT2D eigenvalue weighted by atomic mass is 10.2. The summed E-state index contributed by atoms with van der Waals surface area (Å²) in [5.74, 6) is -1.40. The molecule has 0 atom stereocenters. The van der Waals surface area contributed by atoms with E-state index in [0.29, 0.717) is 16.6 Å². The Balaban J connectivity index is 2.79. The Morgan fingerprint density at radius 1 is 1.62 bits per heavy atom. The molecule has 0 aliphatic rings. The van der Waals surface area contributed by atoms with Crippen LogP contribution >= 0.6 is 0 Å². The molecule has 1 aromatic carbocycles. The van der Waals surface area contributed by atoms with Gasteiger partial charge in [-0.25, -0.2) is 9.78 Å². The number of carbonyl (C=O) groups is 1. The zero-order valence-electron chi connectivity index (χ0n) is 8.34. The van der Waals surface area contributed by atoms with Crippen LogP contribution < -0.4 is 4.84 Å². The number of aromatic carboxylic acids is 1. The number of aromatic nitrogens is 2. The highest BCUT2D eigenvalue weighted by atomic mass is 16.6. The summed E-state index contributed by atoms with van der Waals surface area (Å²) in [7, 11) is 1.34. The van der Waals surface area contributed by atoms with E-state index < -0.39 is 5.97 Å². The van der Waals surface area contributed by atoms with E-state index in [-0.39, 0.29) is 5.82 Å². The number of nitrogens with zero attached hydrogens (tertiary/aromatic N) is 3. The van der Waals surface area contributed by atoms with Crippen molar-refractivity contribution in [1.29, 1.82) is 5.26 Å². The van der Waals surface area contributed by atoms with E-state index in [2.05, 4.69) is 4.98 Å². The molecule has 0 amide bonds. The fraction of sp³-hybridized carbons (Fsp3) is 0.100. The molecule has 16 heavy (non-hydrogen) atoms. The minimum Gasteiger partial charge on any atom is -0.475 e. The zero-order valence-corrected chi connectivity index (χ0v) is 8.34. The van der Waals surface area contributed by atoms with Crippen molar-refractivity contribution in [3.63, 3.8) is 0 Å². The minimum absolute atomic E-state index is 0.215. The monoisotopic (exact) mass is 217 g/mol. The maximum Gasteiger partial charge on any atom is 0.375 e. The first-order valence-electron chi connectivity index (χ1n) is 4.37. The number of benzene rings is 1. The molecular formula is C10H7N3O3. The lowest BCUT2D eigenvalue weighted by molar-refractivity contribution is 0.0635. The van der Waals surface area contributed by atoms with Gasteiger partial charge < -0.3 is 9.94 Å². The lowest BCUT2D eigenvalue weighted by Crippen LogP contribution is -2.14. The molecular weight excluding hydrogens is 210 g/mol. The van der Waals surface area contributed by atoms with Gasteiger partial charge in [-0.15, -0.1) is 0 Å². The molecule has 0 aliphatic heterocycles. The summed E-state index contributed by atoms with van der Waals surface area (Å²) in [6.45, 7) is 0. The molecule has 6 heteroatoms. The van der Waals surface area contributed by atoms with Crippen LogP contribution in [0.5, 0.6) is 0 Å². The molecule has 1 heterocycles. The maximum atomic E-state index is 10.9. The number of carboxylic acid groups (broad SMARTS) is 1. The van der Waals surface area contributed by atoms with Crippen LogP contribution in [0.2, 0.25) is 0 Å². The minimum atomic E-state index is -1.18. The van der Waals surface area contributed by atoms with E-state index in [0.717, 1.165) is 4.73 Å². The molecule has 0 bridgehead atoms. The fourth-order valence-corrected chi connectivity index (χ4v) is 1.44. The largest absolute Gasteiger partial charge is 0.475 e. The van der Waals surface area contributed by atoms with E-state index in [1.165, 1.54) is 13.2 Å². The van der Waals surface area contributed by atoms with Gasteiger partial charge in [0.1, 0.15) is 12.6 Å². The average molecular weight is 217 g/mol. The molecule has 1 N–H and O–H groups in total. The Bertz CT molecular complexity index is 610. The topological polar surface area (TPSA) is 88.1 Å². The second-order valence-corrected chi connectivity index (χ2v) is 3.03. The Hall–Kier alpha value is -2.55. The Labute approximate surface area is 90.3 Å². The third-order valence-electron chi connectivity index (χ3n) is 2.12. The predicted molar refractivity (Wildman–Crippen MR) is 53.9 cm³/mol. The second-order valence-electron chi connectivity index (χ2n) is 3.03. The van der Waals surface area contributed by atoms with E-state index in [1.807, 2.05) is 6.07 Å². The molecule has 0 unspecified atom stereocenters. The van der Waals surface area contributed by atoms with Gasteiger partial charge in [-0.3, -0.25) is 0 Å². The van der Waals surface area contributed by atoms with Crippen LogP contribution in [-0.2, 0) is 0 Å². The van der Waals surface area contributed by atoms with Gasteiger partial charge >= 0.3 is 5.97 Å². The number of imidazole rings is 1. The number of fused-ring (bicyclic) bond motifs is 1. The Morgan fingerprint density at radius 2 is 2.38 bits per heavy atom. The van der Waals surface area contributed by atoms with Gasteiger partial charge in [0.25, 0.3) is 5.82 Å². The quantitative estimate of drug-likeness (QED) is 0.798. The van der Waals surface area contributed by atoms with Gasteiger partial charge in [0.05, 0.1) is 17.1 Å². The highest BCUT2D eigenvalue weighted by molar-refractivity contribution is 5.89. The number of carboxylic acids is 1. The SMILES string of the molecule is COn1c(C(=O)O)nc2ccc(C#N)cc21. The molecule has 0 saturated carbocycles. The van der Waals surface area contributed by atoms with Crippen molar-refractivity contribution in [3.05, 3.63) is 29.6 Å². The van der Waals surface area contributed by atoms with Gasteiger partial charge in [0, 0.05) is 0 Å². The van der Waals surface area contributed by atoms with Crippen LogP contribution in [-0.4, -0.2) is 27.9 Å². The molecule has 0 radical (unpaired) electrons. The molecule has 6 nitrogen and oxygen atoms in total. The van der Waals surface area contributed by atoms with Crippen molar-refractivity contribution in [2.75, 3.05) is 7.11 Å². The summed E-state index contributed by atoms with van der Waals surface area (Å²) in [5.41, 5.74) is 1.35. The van der Waals surface area contributed by atoms with Gasteiger partial charge in [-0.1, -0.05) is 0 Å². The fourth-order valence-electron chi connectivity index (χ4n) is 1.44. The summed E-state index contributed by atoms with van der Waals surface area (Å²) in [6.07, 6.45) is 0. The normalized spacial score (nSPS) is 10.0. The first kappa shape index (κ1) is 9.98. The van der Waals surface area contributed by atoms with Crippen LogP contribution in [0.1, 0.15) is 16.2 Å². The molecule has 2 aromatic rings. The van der Waals surface area contributed by atoms with Gasteiger partial charge in [0.2, 0.25) is 0 Å². The predicted octanol–water partition coefficient (Wildman–Crippen LogP) is 0.665. The smallest absolute Gasteiger partial charge is 0.375 e. The third kappa shape index (κ3) is 1.35. The highest BCUT2D eigenvalue weighted by Gasteiger charge is 2.17. The van der Waals surface area contributed by atoms with E-state index in [4.69, 9.17) is 15.2 Å². The summed E-state index contributed by atoms with van der Waals surface area (Å²) in [4.78, 5) is 19.7. The van der Waals surface area contributed by atoms with E-state index >= 15 is 0 Å². The second kappa shape index (κ2) is 3.55. The summed E-state index contributed by atoms with van der Waals surface area (Å²) < 4.78 is 1.08. The van der Waals surface area contributed by atoms with Gasteiger partial charge in [-0.05, 0) is 18.2 Å². The molecule has 0 saturated heterocycles. The van der Waals surface area contributed by atoms with Crippen molar-refractivity contribution in [1.82, 2.24) is 9.71 Å². The van der Waals surface area contributed by atoms with Crippen LogP contribution in [0, 0.1) is 11.3 Å². The van der Waals surface area contributed by atoms with Crippen molar-refractivity contribution < 1.29 is 14.7 Å². The van der Waals surface area contributed by atoms with Crippen LogP contribution in [0.3, 0.4) is 0 Å². The van der Waals surface area contributed by atoms with Gasteiger partial charge in [-0.2, -0.15) is 9.99 Å². The lowest BCUT2D eigenvalue weighted by Gasteiger charge is -2.02. The molecule has 0 aliphatic carbocycles. The molecule has 1 aromatic heterocycles. The van der Waals surface area contributed by atoms with E-state index in [1.54, 1.807) is 12.1 Å². The van der Waals surface area contributed by atoms with E-state index in [9.17, 15) is 4.79 Å². The molecule has 0 fully saturated rings. The van der Waals surface area contributed by atoms with Crippen molar-refractivity contribution in [2.45, 2.75) is 0 Å². The number of nitriles is 1. The summed E-state index contributed by atoms with van der Waals surface area (Å²) in [5, 5.41) is 17.6. The Morgan fingerprint density at radius 3 is 2.94 bits per heavy atom. The number of rotatable bonds is 2. The highest BCUT2D eigenvalue weighted by Crippen LogP contribution is 2.16. The van der Waals surface area contributed by atoms with Crippen LogP contribution in [0.15, 0.2) is 18.2 Å². The van der Waals surface area contributed by atoms with Crippen molar-refractivity contribution >= 4 is 17.0 Å². The zero-order chi connectivity index (χ0) is 11.7. The first-order chi connectivity index (χ1) is 7.67. The first-order valence-corrected chi connectivity index (χ1v) is 4.37. The standard InChI is InChI=1S/C10H7N3O3/c1-16-13-8-4-6(5-11)2-3-7(8)12-9(13)10(14)15/h2-4H,1H3,(H,14,15). The molecule has 80 valence electrons. The maximum absolute atomic E-state index is 10.9.